The topological polar surface area (TPSA) is 61.1 Å². The third kappa shape index (κ3) is 3.14. The first kappa shape index (κ1) is 14.0. The van der Waals surface area contributed by atoms with E-state index >= 15 is 0 Å². The number of allylic oxidation sites excluding steroid dienone is 1. The van der Waals surface area contributed by atoms with E-state index in [1.165, 1.54) is 12.1 Å². The Morgan fingerprint density at radius 2 is 1.70 bits per heavy atom. The second kappa shape index (κ2) is 6.18. The van der Waals surface area contributed by atoms with Crippen molar-refractivity contribution in [3.05, 3.63) is 69.7 Å². The lowest BCUT2D eigenvalue weighted by atomic mass is 10.0. The molecule has 0 bridgehead atoms. The first-order valence-corrected chi connectivity index (χ1v) is 6.61. The van der Waals surface area contributed by atoms with Crippen molar-refractivity contribution in [3.8, 4) is 6.07 Å². The normalized spacial score (nSPS) is 10.9. The molecule has 0 fully saturated rings. The second-order valence-electron chi connectivity index (χ2n) is 4.07. The van der Waals surface area contributed by atoms with Crippen LogP contribution in [-0.4, -0.2) is 11.1 Å². The number of nitrogens with zero attached hydrogens (tertiary/aromatic N) is 1. The summed E-state index contributed by atoms with van der Waals surface area (Å²) in [5.74, 6) is -0.982. The Hall–Kier alpha value is -2.38. The molecular weight excluding hydrogens is 318 g/mol. The molecule has 4 heteroatoms. The average molecular weight is 328 g/mol. The summed E-state index contributed by atoms with van der Waals surface area (Å²) in [5, 5.41) is 18.1. The predicted octanol–water partition coefficient (Wildman–Crippen LogP) is 4.21. The summed E-state index contributed by atoms with van der Waals surface area (Å²) in [6, 6.07) is 16.0. The van der Waals surface area contributed by atoms with Crippen molar-refractivity contribution in [3.63, 3.8) is 0 Å². The lowest BCUT2D eigenvalue weighted by Gasteiger charge is -2.02. The molecular formula is C16H10BrNO2. The standard InChI is InChI=1S/C16H10BrNO2/c17-15-4-2-1-3-13(15)9-14(10-18)11-5-7-12(8-6-11)16(19)20/h1-9H,(H,19,20). The summed E-state index contributed by atoms with van der Waals surface area (Å²) in [7, 11) is 0. The number of carboxylic acid groups (broad SMARTS) is 1. The van der Waals surface area contributed by atoms with E-state index in [2.05, 4.69) is 22.0 Å². The van der Waals surface area contributed by atoms with Gasteiger partial charge < -0.3 is 5.11 Å². The Balaban J connectivity index is 2.41. The quantitative estimate of drug-likeness (QED) is 0.678. The van der Waals surface area contributed by atoms with Crippen LogP contribution in [-0.2, 0) is 0 Å². The van der Waals surface area contributed by atoms with Crippen LogP contribution in [0.25, 0.3) is 11.6 Å². The van der Waals surface area contributed by atoms with E-state index in [4.69, 9.17) is 5.11 Å². The van der Waals surface area contributed by atoms with Crippen LogP contribution in [0.4, 0.5) is 0 Å². The Morgan fingerprint density at radius 1 is 1.10 bits per heavy atom. The first-order chi connectivity index (χ1) is 9.61. The van der Waals surface area contributed by atoms with Gasteiger partial charge in [-0.2, -0.15) is 5.26 Å². The van der Waals surface area contributed by atoms with Gasteiger partial charge in [0.2, 0.25) is 0 Å². The van der Waals surface area contributed by atoms with Crippen molar-refractivity contribution >= 4 is 33.5 Å². The molecule has 0 aromatic heterocycles. The number of aromatic carboxylic acids is 1. The Bertz CT molecular complexity index is 712. The molecule has 3 nitrogen and oxygen atoms in total. The molecule has 0 unspecified atom stereocenters. The van der Waals surface area contributed by atoms with Crippen LogP contribution in [0.5, 0.6) is 0 Å². The van der Waals surface area contributed by atoms with Crippen LogP contribution in [0, 0.1) is 11.3 Å². The Labute approximate surface area is 124 Å². The van der Waals surface area contributed by atoms with Crippen LogP contribution in [0.1, 0.15) is 21.5 Å². The highest BCUT2D eigenvalue weighted by Crippen LogP contribution is 2.23. The Kier molecular flexibility index (Phi) is 4.34. The largest absolute Gasteiger partial charge is 0.478 e. The molecule has 1 N–H and O–H groups in total. The van der Waals surface area contributed by atoms with E-state index < -0.39 is 5.97 Å². The van der Waals surface area contributed by atoms with Crippen LogP contribution in [0.3, 0.4) is 0 Å². The average Bonchev–Trinajstić information content (AvgIpc) is 2.46. The number of benzene rings is 2. The molecule has 0 aliphatic rings. The minimum absolute atomic E-state index is 0.201. The van der Waals surface area contributed by atoms with Crippen molar-refractivity contribution in [1.82, 2.24) is 0 Å². The van der Waals surface area contributed by atoms with Gasteiger partial charge in [0.25, 0.3) is 0 Å². The van der Waals surface area contributed by atoms with Gasteiger partial charge in [0.15, 0.2) is 0 Å². The molecule has 0 saturated heterocycles. The number of carbonyl (C=O) groups is 1. The molecule has 98 valence electrons. The van der Waals surface area contributed by atoms with Gasteiger partial charge in [0.05, 0.1) is 17.2 Å². The number of hydrogen-bond donors (Lipinski definition) is 1. The summed E-state index contributed by atoms with van der Waals surface area (Å²) in [4.78, 5) is 10.8. The molecule has 2 aromatic rings. The fourth-order valence-electron chi connectivity index (χ4n) is 1.72. The van der Waals surface area contributed by atoms with Crippen molar-refractivity contribution in [2.75, 3.05) is 0 Å². The summed E-state index contributed by atoms with van der Waals surface area (Å²) in [6.07, 6.45) is 1.76. The van der Waals surface area contributed by atoms with Crippen LogP contribution >= 0.6 is 15.9 Å². The van der Waals surface area contributed by atoms with E-state index in [-0.39, 0.29) is 5.56 Å². The summed E-state index contributed by atoms with van der Waals surface area (Å²) in [6.45, 7) is 0. The van der Waals surface area contributed by atoms with Crippen LogP contribution in [0.2, 0.25) is 0 Å². The maximum atomic E-state index is 10.8. The third-order valence-electron chi connectivity index (χ3n) is 2.77. The minimum atomic E-state index is -0.982. The highest BCUT2D eigenvalue weighted by molar-refractivity contribution is 9.10. The van der Waals surface area contributed by atoms with Gasteiger partial charge >= 0.3 is 5.97 Å². The van der Waals surface area contributed by atoms with Gasteiger partial charge in [-0.25, -0.2) is 4.79 Å². The number of hydrogen-bond acceptors (Lipinski definition) is 2. The van der Waals surface area contributed by atoms with E-state index in [1.54, 1.807) is 18.2 Å². The first-order valence-electron chi connectivity index (χ1n) is 5.82. The predicted molar refractivity (Wildman–Crippen MR) is 81.0 cm³/mol. The smallest absolute Gasteiger partial charge is 0.335 e. The van der Waals surface area contributed by atoms with Gasteiger partial charge in [-0.1, -0.05) is 46.3 Å². The third-order valence-corrected chi connectivity index (χ3v) is 3.49. The molecule has 0 saturated carbocycles. The zero-order valence-electron chi connectivity index (χ0n) is 10.4. The zero-order chi connectivity index (χ0) is 14.5. The maximum absolute atomic E-state index is 10.8. The number of carboxylic acids is 1. The van der Waals surface area contributed by atoms with E-state index in [9.17, 15) is 10.1 Å². The molecule has 2 rings (SSSR count). The van der Waals surface area contributed by atoms with Crippen molar-refractivity contribution in [2.24, 2.45) is 0 Å². The van der Waals surface area contributed by atoms with Crippen LogP contribution < -0.4 is 0 Å². The van der Waals surface area contributed by atoms with Gasteiger partial charge in [-0.15, -0.1) is 0 Å². The van der Waals surface area contributed by atoms with Crippen molar-refractivity contribution in [2.45, 2.75) is 0 Å². The highest BCUT2D eigenvalue weighted by atomic mass is 79.9. The van der Waals surface area contributed by atoms with E-state index in [0.717, 1.165) is 10.0 Å². The van der Waals surface area contributed by atoms with Crippen molar-refractivity contribution in [1.29, 1.82) is 5.26 Å². The maximum Gasteiger partial charge on any atom is 0.335 e. The molecule has 2 aromatic carbocycles. The molecule has 0 heterocycles. The molecule has 0 amide bonds. The second-order valence-corrected chi connectivity index (χ2v) is 4.93. The number of halogens is 1. The Morgan fingerprint density at radius 3 is 2.25 bits per heavy atom. The van der Waals surface area contributed by atoms with Gasteiger partial charge in [0, 0.05) is 4.47 Å². The van der Waals surface area contributed by atoms with Gasteiger partial charge in [-0.05, 0) is 35.4 Å². The molecule has 0 aliphatic heterocycles. The van der Waals surface area contributed by atoms with Crippen LogP contribution in [0.15, 0.2) is 53.0 Å². The van der Waals surface area contributed by atoms with Gasteiger partial charge in [0.1, 0.15) is 0 Å². The molecule has 0 radical (unpaired) electrons. The summed E-state index contributed by atoms with van der Waals surface area (Å²) in [5.41, 5.74) is 2.26. The van der Waals surface area contributed by atoms with E-state index in [1.807, 2.05) is 24.3 Å². The lowest BCUT2D eigenvalue weighted by molar-refractivity contribution is 0.0697. The number of nitriles is 1. The number of rotatable bonds is 3. The SMILES string of the molecule is N#CC(=Cc1ccccc1Br)c1ccc(C(=O)O)cc1. The highest BCUT2D eigenvalue weighted by Gasteiger charge is 2.05. The van der Waals surface area contributed by atoms with Crippen molar-refractivity contribution < 1.29 is 9.90 Å². The van der Waals surface area contributed by atoms with E-state index in [0.29, 0.717) is 11.1 Å². The lowest BCUT2D eigenvalue weighted by Crippen LogP contribution is -1.95. The summed E-state index contributed by atoms with van der Waals surface area (Å²) >= 11 is 3.43. The summed E-state index contributed by atoms with van der Waals surface area (Å²) < 4.78 is 0.898. The fourth-order valence-corrected chi connectivity index (χ4v) is 2.12. The molecule has 20 heavy (non-hydrogen) atoms. The molecule has 0 aliphatic carbocycles. The molecule has 0 spiro atoms. The monoisotopic (exact) mass is 327 g/mol. The molecule has 0 atom stereocenters. The fraction of sp³-hybridized carbons (Fsp3) is 0. The zero-order valence-corrected chi connectivity index (χ0v) is 12.0. The van der Waals surface area contributed by atoms with Gasteiger partial charge in [-0.3, -0.25) is 0 Å². The minimum Gasteiger partial charge on any atom is -0.478 e.